The van der Waals surface area contributed by atoms with Crippen molar-refractivity contribution in [3.63, 3.8) is 0 Å². The summed E-state index contributed by atoms with van der Waals surface area (Å²) in [5.74, 6) is -1.78. The fraction of sp³-hybridized carbons (Fsp3) is 0.235. The van der Waals surface area contributed by atoms with E-state index in [-0.39, 0.29) is 21.2 Å². The SMILES string of the molecule is O=C(Oc1ccccc1F)c1ccc(Cl)c(S(=O)(=O)N2CCCC2)c1. The maximum absolute atomic E-state index is 13.6. The lowest BCUT2D eigenvalue weighted by atomic mass is 10.2. The van der Waals surface area contributed by atoms with E-state index in [0.717, 1.165) is 18.9 Å². The van der Waals surface area contributed by atoms with Gasteiger partial charge in [0.1, 0.15) is 4.90 Å². The smallest absolute Gasteiger partial charge is 0.343 e. The lowest BCUT2D eigenvalue weighted by Crippen LogP contribution is -2.28. The van der Waals surface area contributed by atoms with Gasteiger partial charge in [0.05, 0.1) is 10.6 Å². The monoisotopic (exact) mass is 383 g/mol. The van der Waals surface area contributed by atoms with Gasteiger partial charge in [-0.15, -0.1) is 0 Å². The molecule has 8 heteroatoms. The minimum absolute atomic E-state index is 0.0225. The first kappa shape index (κ1) is 17.8. The van der Waals surface area contributed by atoms with Crippen LogP contribution in [0.1, 0.15) is 23.2 Å². The van der Waals surface area contributed by atoms with Crippen molar-refractivity contribution in [3.05, 3.63) is 58.9 Å². The molecule has 0 atom stereocenters. The summed E-state index contributed by atoms with van der Waals surface area (Å²) < 4.78 is 45.3. The summed E-state index contributed by atoms with van der Waals surface area (Å²) in [5, 5.41) is 0.0225. The van der Waals surface area contributed by atoms with Crippen molar-refractivity contribution < 1.29 is 22.3 Å². The van der Waals surface area contributed by atoms with Gasteiger partial charge in [-0.1, -0.05) is 23.7 Å². The van der Waals surface area contributed by atoms with E-state index in [2.05, 4.69) is 0 Å². The normalized spacial score (nSPS) is 15.3. The molecule has 1 saturated heterocycles. The van der Waals surface area contributed by atoms with Crippen LogP contribution in [-0.2, 0) is 10.0 Å². The van der Waals surface area contributed by atoms with Gasteiger partial charge in [-0.25, -0.2) is 17.6 Å². The molecule has 0 amide bonds. The van der Waals surface area contributed by atoms with Crippen LogP contribution in [0.4, 0.5) is 4.39 Å². The molecule has 0 unspecified atom stereocenters. The van der Waals surface area contributed by atoms with Crippen LogP contribution in [0.5, 0.6) is 5.75 Å². The van der Waals surface area contributed by atoms with Crippen LogP contribution < -0.4 is 4.74 Å². The largest absolute Gasteiger partial charge is 0.420 e. The summed E-state index contributed by atoms with van der Waals surface area (Å²) in [7, 11) is -3.79. The number of sulfonamides is 1. The topological polar surface area (TPSA) is 63.7 Å². The van der Waals surface area contributed by atoms with Crippen LogP contribution in [-0.4, -0.2) is 31.8 Å². The number of hydrogen-bond acceptors (Lipinski definition) is 4. The molecule has 0 spiro atoms. The van der Waals surface area contributed by atoms with Gasteiger partial charge in [0.2, 0.25) is 10.0 Å². The van der Waals surface area contributed by atoms with E-state index in [0.29, 0.717) is 13.1 Å². The maximum Gasteiger partial charge on any atom is 0.343 e. The number of ether oxygens (including phenoxy) is 1. The van der Waals surface area contributed by atoms with E-state index in [4.69, 9.17) is 16.3 Å². The van der Waals surface area contributed by atoms with Gasteiger partial charge in [-0.2, -0.15) is 4.31 Å². The van der Waals surface area contributed by atoms with Gasteiger partial charge < -0.3 is 4.74 Å². The zero-order valence-electron chi connectivity index (χ0n) is 13.1. The predicted octanol–water partition coefficient (Wildman–Crippen LogP) is 3.48. The Morgan fingerprint density at radius 2 is 1.80 bits per heavy atom. The molecule has 25 heavy (non-hydrogen) atoms. The second-order valence-corrected chi connectivity index (χ2v) is 7.89. The third kappa shape index (κ3) is 3.68. The fourth-order valence-corrected chi connectivity index (χ4v) is 4.60. The van der Waals surface area contributed by atoms with Crippen molar-refractivity contribution in [2.45, 2.75) is 17.7 Å². The minimum atomic E-state index is -3.79. The van der Waals surface area contributed by atoms with E-state index in [9.17, 15) is 17.6 Å². The quantitative estimate of drug-likeness (QED) is 0.599. The molecule has 0 aromatic heterocycles. The highest BCUT2D eigenvalue weighted by atomic mass is 35.5. The number of carbonyl (C=O) groups is 1. The molecule has 1 heterocycles. The van der Waals surface area contributed by atoms with E-state index in [1.807, 2.05) is 0 Å². The molecular formula is C17H15ClFNO4S. The Morgan fingerprint density at radius 1 is 1.12 bits per heavy atom. The average Bonchev–Trinajstić information content (AvgIpc) is 3.12. The summed E-state index contributed by atoms with van der Waals surface area (Å²) >= 11 is 6.03. The van der Waals surface area contributed by atoms with Crippen LogP contribution in [0.15, 0.2) is 47.4 Å². The summed E-state index contributed by atoms with van der Waals surface area (Å²) in [6.45, 7) is 0.838. The van der Waals surface area contributed by atoms with Gasteiger partial charge in [-0.05, 0) is 43.2 Å². The van der Waals surface area contributed by atoms with Crippen molar-refractivity contribution in [1.29, 1.82) is 0 Å². The molecule has 5 nitrogen and oxygen atoms in total. The molecular weight excluding hydrogens is 369 g/mol. The Hall–Kier alpha value is -1.96. The van der Waals surface area contributed by atoms with Gasteiger partial charge in [0, 0.05) is 13.1 Å². The van der Waals surface area contributed by atoms with Crippen molar-refractivity contribution >= 4 is 27.6 Å². The molecule has 1 fully saturated rings. The number of hydrogen-bond donors (Lipinski definition) is 0. The van der Waals surface area contributed by atoms with Crippen LogP contribution in [0.2, 0.25) is 5.02 Å². The zero-order chi connectivity index (χ0) is 18.0. The number of esters is 1. The minimum Gasteiger partial charge on any atom is -0.420 e. The van der Waals surface area contributed by atoms with Crippen LogP contribution in [0.25, 0.3) is 0 Å². The van der Waals surface area contributed by atoms with E-state index in [1.165, 1.54) is 40.7 Å². The lowest BCUT2D eigenvalue weighted by molar-refractivity contribution is 0.0727. The van der Waals surface area contributed by atoms with Gasteiger partial charge in [0.25, 0.3) is 0 Å². The molecule has 2 aromatic rings. The van der Waals surface area contributed by atoms with Crippen LogP contribution in [0, 0.1) is 5.82 Å². The van der Waals surface area contributed by atoms with Crippen LogP contribution >= 0.6 is 11.6 Å². The highest BCUT2D eigenvalue weighted by Gasteiger charge is 2.30. The molecule has 1 aliphatic heterocycles. The first-order valence-corrected chi connectivity index (χ1v) is 9.48. The summed E-state index contributed by atoms with van der Waals surface area (Å²) in [5.41, 5.74) is -0.0228. The highest BCUT2D eigenvalue weighted by Crippen LogP contribution is 2.28. The molecule has 1 aliphatic rings. The predicted molar refractivity (Wildman–Crippen MR) is 90.8 cm³/mol. The number of nitrogens with zero attached hydrogens (tertiary/aromatic N) is 1. The Morgan fingerprint density at radius 3 is 2.48 bits per heavy atom. The first-order chi connectivity index (χ1) is 11.9. The third-order valence-electron chi connectivity index (χ3n) is 3.89. The molecule has 0 radical (unpaired) electrons. The average molecular weight is 384 g/mol. The number of carbonyl (C=O) groups excluding carboxylic acids is 1. The fourth-order valence-electron chi connectivity index (χ4n) is 2.58. The van der Waals surface area contributed by atoms with Crippen molar-refractivity contribution in [1.82, 2.24) is 4.31 Å². The highest BCUT2D eigenvalue weighted by molar-refractivity contribution is 7.89. The number of para-hydroxylation sites is 1. The van der Waals surface area contributed by atoms with E-state index in [1.54, 1.807) is 0 Å². The van der Waals surface area contributed by atoms with Gasteiger partial charge in [-0.3, -0.25) is 0 Å². The summed E-state index contributed by atoms with van der Waals surface area (Å²) in [4.78, 5) is 12.1. The van der Waals surface area contributed by atoms with Crippen molar-refractivity contribution in [2.24, 2.45) is 0 Å². The molecule has 0 aliphatic carbocycles. The lowest BCUT2D eigenvalue weighted by Gasteiger charge is -2.17. The molecule has 0 N–H and O–H groups in total. The standard InChI is InChI=1S/C17H15ClFNO4S/c18-13-8-7-12(17(21)24-15-6-2-1-5-14(15)19)11-16(13)25(22,23)20-9-3-4-10-20/h1-2,5-8,11H,3-4,9-10H2. The van der Waals surface area contributed by atoms with Crippen molar-refractivity contribution in [3.8, 4) is 5.75 Å². The third-order valence-corrected chi connectivity index (χ3v) is 6.27. The first-order valence-electron chi connectivity index (χ1n) is 7.66. The number of rotatable bonds is 4. The Kier molecular flexibility index (Phi) is 5.08. The van der Waals surface area contributed by atoms with E-state index < -0.39 is 21.8 Å². The van der Waals surface area contributed by atoms with Crippen LogP contribution in [0.3, 0.4) is 0 Å². The zero-order valence-corrected chi connectivity index (χ0v) is 14.7. The number of halogens is 2. The maximum atomic E-state index is 13.6. The Labute approximate surface area is 150 Å². The van der Waals surface area contributed by atoms with E-state index >= 15 is 0 Å². The Balaban J connectivity index is 1.91. The van der Waals surface area contributed by atoms with Crippen molar-refractivity contribution in [2.75, 3.05) is 13.1 Å². The molecule has 0 bridgehead atoms. The summed E-state index contributed by atoms with van der Waals surface area (Å²) in [6.07, 6.45) is 1.57. The second-order valence-electron chi connectivity index (χ2n) is 5.58. The second kappa shape index (κ2) is 7.11. The Bertz CT molecular complexity index is 911. The van der Waals surface area contributed by atoms with Gasteiger partial charge in [0.15, 0.2) is 11.6 Å². The molecule has 132 valence electrons. The molecule has 3 rings (SSSR count). The molecule has 2 aromatic carbocycles. The number of benzene rings is 2. The van der Waals surface area contributed by atoms with Gasteiger partial charge >= 0.3 is 5.97 Å². The molecule has 0 saturated carbocycles. The summed E-state index contributed by atoms with van der Waals surface area (Å²) in [6, 6.07) is 9.29.